The largest absolute Gasteiger partial charge is 0.478 e. The highest BCUT2D eigenvalue weighted by Crippen LogP contribution is 2.14. The molecule has 1 aliphatic heterocycles. The monoisotopic (exact) mass is 275 g/mol. The van der Waals surface area contributed by atoms with Crippen LogP contribution in [0.4, 0.5) is 0 Å². The van der Waals surface area contributed by atoms with Gasteiger partial charge in [0.15, 0.2) is 0 Å². The first-order valence-corrected chi connectivity index (χ1v) is 7.27. The first-order chi connectivity index (χ1) is 9.68. The van der Waals surface area contributed by atoms with Crippen molar-refractivity contribution >= 4 is 11.9 Å². The number of carboxylic acids is 1. The van der Waals surface area contributed by atoms with Crippen LogP contribution in [0, 0.1) is 0 Å². The zero-order valence-electron chi connectivity index (χ0n) is 11.7. The second kappa shape index (κ2) is 7.08. The molecule has 0 aromatic heterocycles. The predicted octanol–water partition coefficient (Wildman–Crippen LogP) is 2.72. The number of hydrogen-bond acceptors (Lipinski definition) is 2. The molecule has 1 heterocycles. The van der Waals surface area contributed by atoms with E-state index in [1.807, 2.05) is 11.0 Å². The van der Waals surface area contributed by atoms with Crippen LogP contribution in [0.25, 0.3) is 0 Å². The average molecular weight is 275 g/mol. The summed E-state index contributed by atoms with van der Waals surface area (Å²) < 4.78 is 0. The average Bonchev–Trinajstić information content (AvgIpc) is 2.74. The summed E-state index contributed by atoms with van der Waals surface area (Å²) in [4.78, 5) is 25.2. The summed E-state index contributed by atoms with van der Waals surface area (Å²) in [5, 5.41) is 9.12. The fraction of sp³-hybridized carbons (Fsp3) is 0.500. The molecular formula is C16H21NO3. The molecular weight excluding hydrogens is 254 g/mol. The maximum Gasteiger partial charge on any atom is 0.335 e. The zero-order valence-corrected chi connectivity index (χ0v) is 11.7. The standard InChI is InChI=1S/C16H21NO3/c18-15(17-11-5-1-2-6-12-17)10-9-13-7-3-4-8-14(13)16(19)20/h3-4,7-8H,1-2,5-6,9-12H2,(H,19,20). The second-order valence-corrected chi connectivity index (χ2v) is 5.26. The van der Waals surface area contributed by atoms with Gasteiger partial charge in [-0.25, -0.2) is 4.79 Å². The molecule has 0 saturated carbocycles. The topological polar surface area (TPSA) is 57.6 Å². The number of aromatic carboxylic acids is 1. The van der Waals surface area contributed by atoms with E-state index in [1.165, 1.54) is 12.8 Å². The minimum atomic E-state index is -0.928. The molecule has 0 spiro atoms. The fourth-order valence-electron chi connectivity index (χ4n) is 2.67. The molecule has 0 atom stereocenters. The molecule has 0 radical (unpaired) electrons. The molecule has 2 rings (SSSR count). The SMILES string of the molecule is O=C(O)c1ccccc1CCC(=O)N1CCCCCC1. The third kappa shape index (κ3) is 3.83. The number of nitrogens with zero attached hydrogens (tertiary/aromatic N) is 1. The van der Waals surface area contributed by atoms with Gasteiger partial charge in [0, 0.05) is 19.5 Å². The van der Waals surface area contributed by atoms with E-state index in [0.717, 1.165) is 31.5 Å². The van der Waals surface area contributed by atoms with Gasteiger partial charge < -0.3 is 10.0 Å². The Bertz CT molecular complexity index is 476. The lowest BCUT2D eigenvalue weighted by Gasteiger charge is -2.20. The van der Waals surface area contributed by atoms with Crippen molar-refractivity contribution in [3.05, 3.63) is 35.4 Å². The molecule has 1 N–H and O–H groups in total. The predicted molar refractivity (Wildman–Crippen MR) is 76.8 cm³/mol. The highest BCUT2D eigenvalue weighted by Gasteiger charge is 2.16. The van der Waals surface area contributed by atoms with Gasteiger partial charge >= 0.3 is 5.97 Å². The summed E-state index contributed by atoms with van der Waals surface area (Å²) in [6.07, 6.45) is 5.45. The van der Waals surface area contributed by atoms with Crippen LogP contribution in [0.15, 0.2) is 24.3 Å². The van der Waals surface area contributed by atoms with Gasteiger partial charge in [-0.15, -0.1) is 0 Å². The lowest BCUT2D eigenvalue weighted by molar-refractivity contribution is -0.131. The van der Waals surface area contributed by atoms with Crippen molar-refractivity contribution in [1.29, 1.82) is 0 Å². The van der Waals surface area contributed by atoms with Gasteiger partial charge in [-0.2, -0.15) is 0 Å². The summed E-state index contributed by atoms with van der Waals surface area (Å²) in [6, 6.07) is 6.91. The van der Waals surface area contributed by atoms with Crippen LogP contribution < -0.4 is 0 Å². The van der Waals surface area contributed by atoms with E-state index in [4.69, 9.17) is 5.11 Å². The third-order valence-corrected chi connectivity index (χ3v) is 3.81. The Morgan fingerprint density at radius 2 is 1.70 bits per heavy atom. The summed E-state index contributed by atoms with van der Waals surface area (Å²) in [6.45, 7) is 1.69. The van der Waals surface area contributed by atoms with Crippen molar-refractivity contribution in [1.82, 2.24) is 4.90 Å². The minimum Gasteiger partial charge on any atom is -0.478 e. The number of aryl methyl sites for hydroxylation is 1. The van der Waals surface area contributed by atoms with Crippen molar-refractivity contribution in [3.63, 3.8) is 0 Å². The Morgan fingerprint density at radius 1 is 1.05 bits per heavy atom. The Balaban J connectivity index is 1.94. The smallest absolute Gasteiger partial charge is 0.335 e. The number of carbonyl (C=O) groups is 2. The minimum absolute atomic E-state index is 0.145. The van der Waals surface area contributed by atoms with Gasteiger partial charge in [0.05, 0.1) is 5.56 Å². The molecule has 4 nitrogen and oxygen atoms in total. The van der Waals surface area contributed by atoms with Crippen LogP contribution in [0.3, 0.4) is 0 Å². The molecule has 0 unspecified atom stereocenters. The van der Waals surface area contributed by atoms with E-state index in [1.54, 1.807) is 18.2 Å². The zero-order chi connectivity index (χ0) is 14.4. The van der Waals surface area contributed by atoms with E-state index in [-0.39, 0.29) is 5.91 Å². The second-order valence-electron chi connectivity index (χ2n) is 5.26. The first-order valence-electron chi connectivity index (χ1n) is 7.27. The van der Waals surface area contributed by atoms with E-state index in [2.05, 4.69) is 0 Å². The molecule has 0 bridgehead atoms. The van der Waals surface area contributed by atoms with Gasteiger partial charge in [-0.1, -0.05) is 31.0 Å². The Kier molecular flexibility index (Phi) is 5.16. The van der Waals surface area contributed by atoms with Crippen LogP contribution in [-0.4, -0.2) is 35.0 Å². The number of rotatable bonds is 4. The lowest BCUT2D eigenvalue weighted by Crippen LogP contribution is -2.32. The Morgan fingerprint density at radius 3 is 2.35 bits per heavy atom. The number of carboxylic acid groups (broad SMARTS) is 1. The van der Waals surface area contributed by atoms with Gasteiger partial charge in [0.25, 0.3) is 0 Å². The molecule has 1 amide bonds. The van der Waals surface area contributed by atoms with Crippen molar-refractivity contribution < 1.29 is 14.7 Å². The van der Waals surface area contributed by atoms with Crippen LogP contribution >= 0.6 is 0 Å². The van der Waals surface area contributed by atoms with Crippen molar-refractivity contribution in [2.24, 2.45) is 0 Å². The van der Waals surface area contributed by atoms with Gasteiger partial charge in [-0.05, 0) is 30.9 Å². The van der Waals surface area contributed by atoms with E-state index >= 15 is 0 Å². The van der Waals surface area contributed by atoms with Crippen LogP contribution in [0.5, 0.6) is 0 Å². The molecule has 1 aromatic carbocycles. The van der Waals surface area contributed by atoms with Crippen molar-refractivity contribution in [3.8, 4) is 0 Å². The van der Waals surface area contributed by atoms with E-state index in [0.29, 0.717) is 18.4 Å². The number of carbonyl (C=O) groups excluding carboxylic acids is 1. The molecule has 1 saturated heterocycles. The van der Waals surface area contributed by atoms with Crippen LogP contribution in [0.2, 0.25) is 0 Å². The maximum atomic E-state index is 12.2. The quantitative estimate of drug-likeness (QED) is 0.919. The molecule has 4 heteroatoms. The van der Waals surface area contributed by atoms with Gasteiger partial charge in [-0.3, -0.25) is 4.79 Å². The van der Waals surface area contributed by atoms with E-state index < -0.39 is 5.97 Å². The van der Waals surface area contributed by atoms with Crippen molar-refractivity contribution in [2.75, 3.05) is 13.1 Å². The molecule has 0 aliphatic carbocycles. The van der Waals surface area contributed by atoms with Crippen LogP contribution in [-0.2, 0) is 11.2 Å². The molecule has 108 valence electrons. The maximum absolute atomic E-state index is 12.2. The highest BCUT2D eigenvalue weighted by molar-refractivity contribution is 5.89. The molecule has 20 heavy (non-hydrogen) atoms. The summed E-state index contributed by atoms with van der Waals surface area (Å²) in [7, 11) is 0. The Hall–Kier alpha value is -1.84. The van der Waals surface area contributed by atoms with Crippen LogP contribution in [0.1, 0.15) is 48.0 Å². The van der Waals surface area contributed by atoms with Gasteiger partial charge in [0.1, 0.15) is 0 Å². The highest BCUT2D eigenvalue weighted by atomic mass is 16.4. The molecule has 1 aliphatic rings. The number of benzene rings is 1. The number of hydrogen-bond donors (Lipinski definition) is 1. The molecule has 1 aromatic rings. The summed E-state index contributed by atoms with van der Waals surface area (Å²) in [5.74, 6) is -0.782. The summed E-state index contributed by atoms with van der Waals surface area (Å²) >= 11 is 0. The third-order valence-electron chi connectivity index (χ3n) is 3.81. The fourth-order valence-corrected chi connectivity index (χ4v) is 2.67. The number of likely N-dealkylation sites (tertiary alicyclic amines) is 1. The van der Waals surface area contributed by atoms with E-state index in [9.17, 15) is 9.59 Å². The Labute approximate surface area is 119 Å². The normalized spacial score (nSPS) is 15.7. The first kappa shape index (κ1) is 14.6. The lowest BCUT2D eigenvalue weighted by atomic mass is 10.0. The van der Waals surface area contributed by atoms with Gasteiger partial charge in [0.2, 0.25) is 5.91 Å². The molecule has 1 fully saturated rings. The number of amides is 1. The van der Waals surface area contributed by atoms with Crippen molar-refractivity contribution in [2.45, 2.75) is 38.5 Å². The summed E-state index contributed by atoms with van der Waals surface area (Å²) in [5.41, 5.74) is 1.04.